The molecule has 0 aromatic carbocycles. The SMILES string of the molecule is C[C@@H](CCCCNC(=O)CCN(C)CCCNC(=O)CCCCCCCCCCCCCC(=O)O)C(=O)O. The van der Waals surface area contributed by atoms with Crippen molar-refractivity contribution < 1.29 is 29.4 Å². The Kier molecular flexibility index (Phi) is 23.7. The molecule has 9 heteroatoms. The normalized spacial score (nSPS) is 11.9. The molecule has 0 saturated heterocycles. The van der Waals surface area contributed by atoms with E-state index in [4.69, 9.17) is 10.2 Å². The summed E-state index contributed by atoms with van der Waals surface area (Å²) in [7, 11) is 1.98. The van der Waals surface area contributed by atoms with Gasteiger partial charge in [-0.15, -0.1) is 0 Å². The molecule has 0 spiro atoms. The number of amides is 2. The van der Waals surface area contributed by atoms with E-state index in [1.807, 2.05) is 7.05 Å². The van der Waals surface area contributed by atoms with Crippen molar-refractivity contribution in [2.45, 2.75) is 122 Å². The van der Waals surface area contributed by atoms with Gasteiger partial charge in [-0.3, -0.25) is 19.2 Å². The van der Waals surface area contributed by atoms with Crippen molar-refractivity contribution in [3.63, 3.8) is 0 Å². The lowest BCUT2D eigenvalue weighted by Gasteiger charge is -2.16. The molecule has 222 valence electrons. The van der Waals surface area contributed by atoms with Crippen LogP contribution in [0.15, 0.2) is 0 Å². The van der Waals surface area contributed by atoms with Crippen LogP contribution in [0.25, 0.3) is 0 Å². The van der Waals surface area contributed by atoms with Gasteiger partial charge in [0, 0.05) is 38.9 Å². The maximum absolute atomic E-state index is 12.0. The number of nitrogens with one attached hydrogen (secondary N) is 2. The standard InChI is InChI=1S/C29H55N3O6/c1-25(29(37)38)17-14-15-21-30-27(34)20-24-32(2)23-16-22-31-26(33)18-12-10-8-6-4-3-5-7-9-11-13-19-28(35)36/h25H,3-24H2,1-2H3,(H,30,34)(H,31,33)(H,35,36)(H,37,38)/t25-/m0/s1. The van der Waals surface area contributed by atoms with Crippen molar-refractivity contribution in [3.8, 4) is 0 Å². The van der Waals surface area contributed by atoms with Crippen molar-refractivity contribution in [3.05, 3.63) is 0 Å². The van der Waals surface area contributed by atoms with Gasteiger partial charge in [-0.05, 0) is 45.7 Å². The van der Waals surface area contributed by atoms with Gasteiger partial charge in [0.1, 0.15) is 0 Å². The number of rotatable bonds is 27. The lowest BCUT2D eigenvalue weighted by molar-refractivity contribution is -0.141. The Morgan fingerprint density at radius 3 is 1.61 bits per heavy atom. The van der Waals surface area contributed by atoms with E-state index in [9.17, 15) is 19.2 Å². The molecule has 0 fully saturated rings. The van der Waals surface area contributed by atoms with Crippen LogP contribution >= 0.6 is 0 Å². The summed E-state index contributed by atoms with van der Waals surface area (Å²) in [5.41, 5.74) is 0. The highest BCUT2D eigenvalue weighted by atomic mass is 16.4. The van der Waals surface area contributed by atoms with Gasteiger partial charge in [-0.1, -0.05) is 71.1 Å². The molecular formula is C29H55N3O6. The van der Waals surface area contributed by atoms with Gasteiger partial charge in [0.15, 0.2) is 0 Å². The van der Waals surface area contributed by atoms with E-state index in [0.29, 0.717) is 45.3 Å². The number of hydrogen-bond acceptors (Lipinski definition) is 5. The first-order valence-electron chi connectivity index (χ1n) is 14.9. The third-order valence-electron chi connectivity index (χ3n) is 6.86. The highest BCUT2D eigenvalue weighted by Gasteiger charge is 2.10. The quantitative estimate of drug-likeness (QED) is 0.108. The second kappa shape index (κ2) is 25.1. The fraction of sp³-hybridized carbons (Fsp3) is 0.862. The Balaban J connectivity index is 3.45. The van der Waals surface area contributed by atoms with Crippen molar-refractivity contribution in [2.75, 3.05) is 33.2 Å². The first kappa shape index (κ1) is 35.8. The molecule has 2 amide bonds. The van der Waals surface area contributed by atoms with Crippen LogP contribution in [0.4, 0.5) is 0 Å². The molecule has 0 aromatic heterocycles. The number of carboxylic acids is 2. The fourth-order valence-corrected chi connectivity index (χ4v) is 4.24. The predicted octanol–water partition coefficient (Wildman–Crippen LogP) is 4.98. The molecule has 0 aliphatic heterocycles. The number of nitrogens with zero attached hydrogens (tertiary/aromatic N) is 1. The average Bonchev–Trinajstić information content (AvgIpc) is 2.87. The minimum absolute atomic E-state index is 0.0152. The summed E-state index contributed by atoms with van der Waals surface area (Å²) in [6.07, 6.45) is 16.7. The van der Waals surface area contributed by atoms with Crippen LogP contribution in [0.5, 0.6) is 0 Å². The molecule has 0 heterocycles. The summed E-state index contributed by atoms with van der Waals surface area (Å²) in [6, 6.07) is 0. The third kappa shape index (κ3) is 25.5. The Bertz CT molecular complexity index is 644. The number of hydrogen-bond donors (Lipinski definition) is 4. The average molecular weight is 542 g/mol. The van der Waals surface area contributed by atoms with E-state index in [1.165, 1.54) is 38.5 Å². The number of aliphatic carboxylic acids is 2. The molecule has 0 aliphatic rings. The minimum Gasteiger partial charge on any atom is -0.481 e. The maximum atomic E-state index is 12.0. The second-order valence-electron chi connectivity index (χ2n) is 10.6. The molecule has 0 bridgehead atoms. The van der Waals surface area contributed by atoms with E-state index >= 15 is 0 Å². The summed E-state index contributed by atoms with van der Waals surface area (Å²) < 4.78 is 0. The minimum atomic E-state index is -0.772. The van der Waals surface area contributed by atoms with Gasteiger partial charge in [-0.25, -0.2) is 0 Å². The largest absolute Gasteiger partial charge is 0.481 e. The Hall–Kier alpha value is -2.16. The Morgan fingerprint density at radius 1 is 0.605 bits per heavy atom. The zero-order chi connectivity index (χ0) is 28.4. The molecule has 9 nitrogen and oxygen atoms in total. The molecule has 0 rings (SSSR count). The first-order valence-corrected chi connectivity index (χ1v) is 14.9. The van der Waals surface area contributed by atoms with Crippen LogP contribution in [0.1, 0.15) is 122 Å². The van der Waals surface area contributed by atoms with E-state index in [1.54, 1.807) is 6.92 Å². The lowest BCUT2D eigenvalue weighted by Crippen LogP contribution is -2.31. The van der Waals surface area contributed by atoms with Gasteiger partial charge in [0.05, 0.1) is 5.92 Å². The van der Waals surface area contributed by atoms with Gasteiger partial charge in [0.25, 0.3) is 0 Å². The van der Waals surface area contributed by atoms with Gasteiger partial charge in [-0.2, -0.15) is 0 Å². The van der Waals surface area contributed by atoms with Crippen LogP contribution in [0, 0.1) is 5.92 Å². The number of unbranched alkanes of at least 4 members (excludes halogenated alkanes) is 11. The van der Waals surface area contributed by atoms with Crippen molar-refractivity contribution >= 4 is 23.8 Å². The monoisotopic (exact) mass is 541 g/mol. The topological polar surface area (TPSA) is 136 Å². The fourth-order valence-electron chi connectivity index (χ4n) is 4.24. The van der Waals surface area contributed by atoms with Crippen LogP contribution < -0.4 is 10.6 Å². The van der Waals surface area contributed by atoms with Crippen molar-refractivity contribution in [1.82, 2.24) is 15.5 Å². The summed E-state index contributed by atoms with van der Waals surface area (Å²) in [6.45, 7) is 4.43. The van der Waals surface area contributed by atoms with Crippen LogP contribution in [0.3, 0.4) is 0 Å². The molecule has 0 unspecified atom stereocenters. The first-order chi connectivity index (χ1) is 18.2. The molecule has 4 N–H and O–H groups in total. The summed E-state index contributed by atoms with van der Waals surface area (Å²) in [4.78, 5) is 47.3. The Labute approximate surface area is 230 Å². The van der Waals surface area contributed by atoms with E-state index in [0.717, 1.165) is 57.9 Å². The van der Waals surface area contributed by atoms with E-state index < -0.39 is 11.9 Å². The lowest BCUT2D eigenvalue weighted by atomic mass is 10.0. The van der Waals surface area contributed by atoms with Crippen LogP contribution in [-0.2, 0) is 19.2 Å². The number of carboxylic acid groups (broad SMARTS) is 2. The molecule has 38 heavy (non-hydrogen) atoms. The smallest absolute Gasteiger partial charge is 0.306 e. The van der Waals surface area contributed by atoms with Crippen LogP contribution in [0.2, 0.25) is 0 Å². The van der Waals surface area contributed by atoms with Gasteiger partial charge in [0.2, 0.25) is 11.8 Å². The maximum Gasteiger partial charge on any atom is 0.306 e. The molecular weight excluding hydrogens is 486 g/mol. The van der Waals surface area contributed by atoms with Crippen molar-refractivity contribution in [2.24, 2.45) is 5.92 Å². The summed E-state index contributed by atoms with van der Waals surface area (Å²) in [5.74, 6) is -1.67. The Morgan fingerprint density at radius 2 is 1.08 bits per heavy atom. The molecule has 0 saturated carbocycles. The highest BCUT2D eigenvalue weighted by Crippen LogP contribution is 2.12. The van der Waals surface area contributed by atoms with Gasteiger partial charge < -0.3 is 25.7 Å². The van der Waals surface area contributed by atoms with Crippen LogP contribution in [-0.4, -0.2) is 72.1 Å². The number of carbonyl (C=O) groups excluding carboxylic acids is 2. The van der Waals surface area contributed by atoms with E-state index in [2.05, 4.69) is 15.5 Å². The van der Waals surface area contributed by atoms with Gasteiger partial charge >= 0.3 is 11.9 Å². The predicted molar refractivity (Wildman–Crippen MR) is 151 cm³/mol. The highest BCUT2D eigenvalue weighted by molar-refractivity contribution is 5.76. The zero-order valence-corrected chi connectivity index (χ0v) is 24.1. The zero-order valence-electron chi connectivity index (χ0n) is 24.1. The third-order valence-corrected chi connectivity index (χ3v) is 6.86. The van der Waals surface area contributed by atoms with E-state index in [-0.39, 0.29) is 17.7 Å². The summed E-state index contributed by atoms with van der Waals surface area (Å²) >= 11 is 0. The summed E-state index contributed by atoms with van der Waals surface area (Å²) in [5, 5.41) is 23.3. The molecule has 0 aliphatic carbocycles. The second-order valence-corrected chi connectivity index (χ2v) is 10.6. The number of carbonyl (C=O) groups is 4. The molecule has 0 aromatic rings. The molecule has 1 atom stereocenters. The van der Waals surface area contributed by atoms with Crippen molar-refractivity contribution in [1.29, 1.82) is 0 Å². The molecule has 0 radical (unpaired) electrons.